The minimum Gasteiger partial charge on any atom is -0.208 e. The second-order valence-electron chi connectivity index (χ2n) is 5.97. The molecule has 0 amide bonds. The molecule has 0 aliphatic heterocycles. The van der Waals surface area contributed by atoms with E-state index in [9.17, 15) is 8.42 Å². The highest BCUT2D eigenvalue weighted by molar-refractivity contribution is 7.89. The number of hydrogen-bond acceptors (Lipinski definition) is 2. The third kappa shape index (κ3) is 4.05. The van der Waals surface area contributed by atoms with Gasteiger partial charge in [-0.1, -0.05) is 50.2 Å². The minimum absolute atomic E-state index is 0.0589. The maximum atomic E-state index is 12.6. The Morgan fingerprint density at radius 3 is 2.33 bits per heavy atom. The van der Waals surface area contributed by atoms with Crippen LogP contribution in [0.2, 0.25) is 0 Å². The molecule has 0 spiro atoms. The average Bonchev–Trinajstić information content (AvgIpc) is 2.44. The Morgan fingerprint density at radius 2 is 1.62 bits per heavy atom. The molecule has 114 valence electrons. The zero-order valence-electron chi connectivity index (χ0n) is 12.8. The molecule has 0 aliphatic rings. The standard InChI is InChI=1S/C17H23NO2S/c1-13(2)11-12-14(3)18-21(19,20)17-10-6-8-15-7-4-5-9-16(15)17/h4-10,13-14,18H,11-12H2,1-3H3. The molecule has 21 heavy (non-hydrogen) atoms. The summed E-state index contributed by atoms with van der Waals surface area (Å²) in [5.41, 5.74) is 0. The van der Waals surface area contributed by atoms with Crippen molar-refractivity contribution in [1.29, 1.82) is 0 Å². The molecule has 0 fully saturated rings. The van der Waals surface area contributed by atoms with Gasteiger partial charge in [0, 0.05) is 11.4 Å². The van der Waals surface area contributed by atoms with Gasteiger partial charge in [0.05, 0.1) is 4.90 Å². The molecule has 2 aromatic rings. The largest absolute Gasteiger partial charge is 0.241 e. The van der Waals surface area contributed by atoms with Crippen molar-refractivity contribution in [3.8, 4) is 0 Å². The van der Waals surface area contributed by atoms with Crippen molar-refractivity contribution in [3.63, 3.8) is 0 Å². The second kappa shape index (κ2) is 6.58. The van der Waals surface area contributed by atoms with Crippen LogP contribution in [0.4, 0.5) is 0 Å². The summed E-state index contributed by atoms with van der Waals surface area (Å²) in [6, 6.07) is 12.9. The summed E-state index contributed by atoms with van der Waals surface area (Å²) in [5.74, 6) is 0.578. The predicted molar refractivity (Wildman–Crippen MR) is 87.8 cm³/mol. The summed E-state index contributed by atoms with van der Waals surface area (Å²) in [6.45, 7) is 6.21. The van der Waals surface area contributed by atoms with Gasteiger partial charge in [0.25, 0.3) is 0 Å². The van der Waals surface area contributed by atoms with Crippen molar-refractivity contribution in [2.75, 3.05) is 0 Å². The summed E-state index contributed by atoms with van der Waals surface area (Å²) in [4.78, 5) is 0.358. The smallest absolute Gasteiger partial charge is 0.208 e. The molecule has 4 heteroatoms. The first-order valence-electron chi connectivity index (χ1n) is 7.40. The Morgan fingerprint density at radius 1 is 0.952 bits per heavy atom. The lowest BCUT2D eigenvalue weighted by atomic mass is 10.1. The Balaban J connectivity index is 2.26. The number of benzene rings is 2. The van der Waals surface area contributed by atoms with Crippen molar-refractivity contribution >= 4 is 20.8 Å². The molecular formula is C17H23NO2S. The lowest BCUT2D eigenvalue weighted by Gasteiger charge is -2.16. The number of nitrogens with one attached hydrogen (secondary N) is 1. The van der Waals surface area contributed by atoms with Crippen molar-refractivity contribution in [3.05, 3.63) is 42.5 Å². The van der Waals surface area contributed by atoms with Crippen molar-refractivity contribution in [2.24, 2.45) is 5.92 Å². The van der Waals surface area contributed by atoms with Crippen molar-refractivity contribution in [1.82, 2.24) is 4.72 Å². The van der Waals surface area contributed by atoms with E-state index in [1.165, 1.54) is 0 Å². The molecule has 1 N–H and O–H groups in total. The topological polar surface area (TPSA) is 46.2 Å². The fraction of sp³-hybridized carbons (Fsp3) is 0.412. The van der Waals surface area contributed by atoms with E-state index in [4.69, 9.17) is 0 Å². The van der Waals surface area contributed by atoms with E-state index in [-0.39, 0.29) is 6.04 Å². The molecule has 3 nitrogen and oxygen atoms in total. The van der Waals surface area contributed by atoms with Gasteiger partial charge in [0.15, 0.2) is 0 Å². The van der Waals surface area contributed by atoms with Gasteiger partial charge >= 0.3 is 0 Å². The van der Waals surface area contributed by atoms with Gasteiger partial charge in [-0.05, 0) is 37.1 Å². The zero-order chi connectivity index (χ0) is 15.5. The highest BCUT2D eigenvalue weighted by Crippen LogP contribution is 2.23. The first-order valence-corrected chi connectivity index (χ1v) is 8.88. The van der Waals surface area contributed by atoms with E-state index < -0.39 is 10.0 Å². The molecule has 1 atom stereocenters. The summed E-state index contributed by atoms with van der Waals surface area (Å²) in [7, 11) is -3.48. The third-order valence-corrected chi connectivity index (χ3v) is 5.22. The summed E-state index contributed by atoms with van der Waals surface area (Å²) in [6.07, 6.45) is 1.86. The van der Waals surface area contributed by atoms with Crippen LogP contribution in [0.3, 0.4) is 0 Å². The first kappa shape index (κ1) is 16.0. The molecule has 0 aliphatic carbocycles. The van der Waals surface area contributed by atoms with Crippen LogP contribution < -0.4 is 4.72 Å². The van der Waals surface area contributed by atoms with Crippen LogP contribution in [-0.2, 0) is 10.0 Å². The van der Waals surface area contributed by atoms with Crippen LogP contribution in [0.5, 0.6) is 0 Å². The second-order valence-corrected chi connectivity index (χ2v) is 7.65. The lowest BCUT2D eigenvalue weighted by Crippen LogP contribution is -2.32. The minimum atomic E-state index is -3.48. The van der Waals surface area contributed by atoms with E-state index in [1.54, 1.807) is 12.1 Å². The number of sulfonamides is 1. The van der Waals surface area contributed by atoms with Crippen molar-refractivity contribution < 1.29 is 8.42 Å². The molecule has 2 rings (SSSR count). The molecule has 1 unspecified atom stereocenters. The van der Waals surface area contributed by atoms with Crippen molar-refractivity contribution in [2.45, 2.75) is 44.6 Å². The molecule has 2 aromatic carbocycles. The van der Waals surface area contributed by atoms with Gasteiger partial charge < -0.3 is 0 Å². The Hall–Kier alpha value is -1.39. The van der Waals surface area contributed by atoms with Gasteiger partial charge in [-0.2, -0.15) is 0 Å². The van der Waals surface area contributed by atoms with Gasteiger partial charge in [0.1, 0.15) is 0 Å². The van der Waals surface area contributed by atoms with Crippen LogP contribution in [0.15, 0.2) is 47.4 Å². The van der Waals surface area contributed by atoms with E-state index in [1.807, 2.05) is 37.3 Å². The number of fused-ring (bicyclic) bond motifs is 1. The average molecular weight is 305 g/mol. The van der Waals surface area contributed by atoms with Gasteiger partial charge in [-0.25, -0.2) is 13.1 Å². The van der Waals surface area contributed by atoms with Gasteiger partial charge in [-0.3, -0.25) is 0 Å². The molecule has 0 radical (unpaired) electrons. The van der Waals surface area contributed by atoms with Gasteiger partial charge in [0.2, 0.25) is 10.0 Å². The van der Waals surface area contributed by atoms with E-state index in [0.29, 0.717) is 10.8 Å². The van der Waals surface area contributed by atoms with Crippen LogP contribution in [0.1, 0.15) is 33.6 Å². The molecule has 0 saturated heterocycles. The monoisotopic (exact) mass is 305 g/mol. The third-order valence-electron chi connectivity index (χ3n) is 3.57. The van der Waals surface area contributed by atoms with E-state index in [0.717, 1.165) is 23.6 Å². The fourth-order valence-corrected chi connectivity index (χ4v) is 3.91. The fourth-order valence-electron chi connectivity index (χ4n) is 2.40. The maximum Gasteiger partial charge on any atom is 0.241 e. The molecule has 0 aromatic heterocycles. The summed E-state index contributed by atoms with van der Waals surface area (Å²) >= 11 is 0. The van der Waals surface area contributed by atoms with Crippen LogP contribution in [0.25, 0.3) is 10.8 Å². The van der Waals surface area contributed by atoms with Crippen LogP contribution in [0, 0.1) is 5.92 Å². The molecule has 0 saturated carbocycles. The number of hydrogen-bond donors (Lipinski definition) is 1. The normalized spacial score (nSPS) is 13.7. The molecule has 0 bridgehead atoms. The summed E-state index contributed by atoms with van der Waals surface area (Å²) in [5, 5.41) is 1.71. The van der Waals surface area contributed by atoms with E-state index in [2.05, 4.69) is 18.6 Å². The summed E-state index contributed by atoms with van der Waals surface area (Å²) < 4.78 is 28.0. The molecular weight excluding hydrogens is 282 g/mol. The van der Waals surface area contributed by atoms with E-state index >= 15 is 0 Å². The first-order chi connectivity index (χ1) is 9.90. The maximum absolute atomic E-state index is 12.6. The molecule has 0 heterocycles. The Kier molecular flexibility index (Phi) is 5.01. The lowest BCUT2D eigenvalue weighted by molar-refractivity contribution is 0.485. The highest BCUT2D eigenvalue weighted by Gasteiger charge is 2.19. The quantitative estimate of drug-likeness (QED) is 0.878. The van der Waals surface area contributed by atoms with Crippen LogP contribution in [-0.4, -0.2) is 14.5 Å². The van der Waals surface area contributed by atoms with Crippen LogP contribution >= 0.6 is 0 Å². The Bertz CT molecular complexity index is 702. The SMILES string of the molecule is CC(C)CCC(C)NS(=O)(=O)c1cccc2ccccc12. The highest BCUT2D eigenvalue weighted by atomic mass is 32.2. The van der Waals surface area contributed by atoms with Gasteiger partial charge in [-0.15, -0.1) is 0 Å². The number of rotatable bonds is 6. The zero-order valence-corrected chi connectivity index (χ0v) is 13.7. The Labute approximate surface area is 127 Å². The predicted octanol–water partition coefficient (Wildman–Crippen LogP) is 3.94.